The summed E-state index contributed by atoms with van der Waals surface area (Å²) in [6, 6.07) is 0.618. The number of aromatic amines is 1. The molecule has 0 aromatic carbocycles. The first-order valence-electron chi connectivity index (χ1n) is 21.3. The van der Waals surface area contributed by atoms with Crippen LogP contribution in [0.4, 0.5) is 0 Å². The van der Waals surface area contributed by atoms with E-state index in [4.69, 9.17) is 0 Å². The molecule has 2 nitrogen and oxygen atoms in total. The number of hydrogen-bond donors (Lipinski definition) is 1. The van der Waals surface area contributed by atoms with E-state index in [1.807, 2.05) is 0 Å². The lowest BCUT2D eigenvalue weighted by Crippen LogP contribution is -2.41. The number of imidazole rings is 1. The van der Waals surface area contributed by atoms with Crippen LogP contribution in [0.25, 0.3) is 0 Å². The number of hydrogen-bond acceptors (Lipinski definition) is 0. The van der Waals surface area contributed by atoms with Crippen molar-refractivity contribution in [3.8, 4) is 0 Å². The molecule has 0 saturated heterocycles. The van der Waals surface area contributed by atoms with Crippen molar-refractivity contribution in [3.05, 3.63) is 18.2 Å². The van der Waals surface area contributed by atoms with Gasteiger partial charge in [0.25, 0.3) is 5.82 Å². The monoisotopic (exact) mass is 630 g/mol. The fourth-order valence-electron chi connectivity index (χ4n) is 7.49. The summed E-state index contributed by atoms with van der Waals surface area (Å²) in [4.78, 5) is 3.76. The second kappa shape index (κ2) is 33.1. The molecule has 0 aliphatic heterocycles. The maximum absolute atomic E-state index is 3.76. The first-order chi connectivity index (χ1) is 22.2. The molecule has 0 aliphatic rings. The highest BCUT2D eigenvalue weighted by Crippen LogP contribution is 2.27. The van der Waals surface area contributed by atoms with Crippen molar-refractivity contribution in [2.24, 2.45) is 0 Å². The van der Waals surface area contributed by atoms with E-state index < -0.39 is 0 Å². The number of H-pyrrole nitrogens is 1. The lowest BCUT2D eigenvalue weighted by atomic mass is 9.92. The number of aromatic nitrogens is 2. The van der Waals surface area contributed by atoms with Gasteiger partial charge in [0.2, 0.25) is 0 Å². The van der Waals surface area contributed by atoms with Crippen LogP contribution in [-0.4, -0.2) is 4.98 Å². The van der Waals surface area contributed by atoms with Crippen LogP contribution in [0, 0.1) is 0 Å². The Kier molecular flexibility index (Phi) is 31.1. The fourth-order valence-corrected chi connectivity index (χ4v) is 7.49. The Labute approximate surface area is 285 Å². The van der Waals surface area contributed by atoms with Gasteiger partial charge in [0.05, 0.1) is 12.0 Å². The first-order valence-corrected chi connectivity index (χ1v) is 21.3. The van der Waals surface area contributed by atoms with Crippen LogP contribution in [0.15, 0.2) is 12.4 Å². The van der Waals surface area contributed by atoms with Gasteiger partial charge in [0.1, 0.15) is 12.4 Å². The van der Waals surface area contributed by atoms with Crippen LogP contribution < -0.4 is 4.57 Å². The third kappa shape index (κ3) is 25.0. The molecular weight excluding hydrogens is 544 g/mol. The van der Waals surface area contributed by atoms with Crippen LogP contribution in [0.3, 0.4) is 0 Å². The summed E-state index contributed by atoms with van der Waals surface area (Å²) in [5, 5.41) is 0. The summed E-state index contributed by atoms with van der Waals surface area (Å²) in [7, 11) is 0. The maximum atomic E-state index is 3.76. The number of rotatable bonds is 36. The van der Waals surface area contributed by atoms with Crippen molar-refractivity contribution >= 4 is 0 Å². The minimum absolute atomic E-state index is 0.618. The smallest absolute Gasteiger partial charge is 0.247 e. The maximum Gasteiger partial charge on any atom is 0.257 e. The zero-order valence-corrected chi connectivity index (χ0v) is 31.8. The molecule has 1 N–H and O–H groups in total. The lowest BCUT2D eigenvalue weighted by molar-refractivity contribution is -0.727. The quantitative estimate of drug-likeness (QED) is 0.0563. The predicted octanol–water partition coefficient (Wildman–Crippen LogP) is 15.3. The summed E-state index contributed by atoms with van der Waals surface area (Å²) in [5.41, 5.74) is 0. The topological polar surface area (TPSA) is 19.7 Å². The standard InChI is InChI=1S/C43H84N2/c1-5-8-11-14-17-20-22-23-26-29-32-35-38-42(37-34-31-28-24-19-16-13-10-7-3)43-44-39-40-45(43)41(4)36-33-30-27-25-21-18-15-12-9-6-2/h39-42H,5-38H2,1-4H3/p+1. The molecule has 0 bridgehead atoms. The van der Waals surface area contributed by atoms with Gasteiger partial charge in [-0.2, -0.15) is 0 Å². The Bertz CT molecular complexity index is 694. The van der Waals surface area contributed by atoms with Gasteiger partial charge in [-0.15, -0.1) is 0 Å². The van der Waals surface area contributed by atoms with E-state index in [0.717, 1.165) is 0 Å². The van der Waals surface area contributed by atoms with Gasteiger partial charge in [-0.1, -0.05) is 213 Å². The van der Waals surface area contributed by atoms with E-state index in [-0.39, 0.29) is 0 Å². The molecule has 0 saturated carbocycles. The van der Waals surface area contributed by atoms with E-state index in [9.17, 15) is 0 Å². The number of unbranched alkanes of at least 4 members (excludes halogenated alkanes) is 28. The van der Waals surface area contributed by atoms with Crippen LogP contribution in [0.2, 0.25) is 0 Å². The minimum Gasteiger partial charge on any atom is -0.247 e. The van der Waals surface area contributed by atoms with E-state index in [1.54, 1.807) is 0 Å². The normalized spacial score (nSPS) is 13.1. The second-order valence-corrected chi connectivity index (χ2v) is 15.1. The van der Waals surface area contributed by atoms with Crippen LogP contribution in [-0.2, 0) is 0 Å². The molecule has 0 amide bonds. The Morgan fingerprint density at radius 2 is 0.711 bits per heavy atom. The Balaban J connectivity index is 2.41. The predicted molar refractivity (Wildman–Crippen MR) is 202 cm³/mol. The molecule has 266 valence electrons. The molecule has 45 heavy (non-hydrogen) atoms. The van der Waals surface area contributed by atoms with Crippen LogP contribution in [0.5, 0.6) is 0 Å². The van der Waals surface area contributed by atoms with Crippen molar-refractivity contribution in [2.75, 3.05) is 0 Å². The average Bonchev–Trinajstić information content (AvgIpc) is 3.54. The van der Waals surface area contributed by atoms with E-state index in [1.165, 1.54) is 224 Å². The van der Waals surface area contributed by atoms with E-state index in [2.05, 4.69) is 49.6 Å². The first kappa shape index (κ1) is 42.2. The molecule has 0 radical (unpaired) electrons. The fraction of sp³-hybridized carbons (Fsp3) is 0.930. The van der Waals surface area contributed by atoms with Crippen LogP contribution in [0.1, 0.15) is 264 Å². The van der Waals surface area contributed by atoms with Crippen molar-refractivity contribution in [2.45, 2.75) is 258 Å². The zero-order valence-electron chi connectivity index (χ0n) is 31.8. The summed E-state index contributed by atoms with van der Waals surface area (Å²) >= 11 is 0. The van der Waals surface area contributed by atoms with Crippen molar-refractivity contribution in [1.29, 1.82) is 0 Å². The SMILES string of the molecule is CCCCCCCCCCCCCCC(CCCCCCCCCCC)c1[nH]cc[n+]1C(C)CCCCCCCCCCCC. The molecule has 0 aliphatic carbocycles. The number of nitrogens with zero attached hydrogens (tertiary/aromatic N) is 1. The zero-order chi connectivity index (χ0) is 32.5. The highest BCUT2D eigenvalue weighted by atomic mass is 15.1. The van der Waals surface area contributed by atoms with Gasteiger partial charge in [0.15, 0.2) is 0 Å². The number of nitrogens with one attached hydrogen (secondary N) is 1. The third-order valence-electron chi connectivity index (χ3n) is 10.6. The van der Waals surface area contributed by atoms with Gasteiger partial charge in [-0.3, -0.25) is 0 Å². The molecule has 1 aromatic heterocycles. The molecule has 1 heterocycles. The highest BCUT2D eigenvalue weighted by molar-refractivity contribution is 4.90. The molecule has 2 atom stereocenters. The van der Waals surface area contributed by atoms with Gasteiger partial charge in [-0.25, -0.2) is 9.55 Å². The van der Waals surface area contributed by atoms with Crippen LogP contribution >= 0.6 is 0 Å². The molecule has 0 spiro atoms. The largest absolute Gasteiger partial charge is 0.257 e. The lowest BCUT2D eigenvalue weighted by Gasteiger charge is -2.17. The molecule has 2 heteroatoms. The molecule has 2 unspecified atom stereocenters. The second-order valence-electron chi connectivity index (χ2n) is 15.1. The molecule has 1 aromatic rings. The Morgan fingerprint density at radius 3 is 1.04 bits per heavy atom. The third-order valence-corrected chi connectivity index (χ3v) is 10.6. The van der Waals surface area contributed by atoms with E-state index >= 15 is 0 Å². The van der Waals surface area contributed by atoms with Gasteiger partial charge >= 0.3 is 0 Å². The van der Waals surface area contributed by atoms with E-state index in [0.29, 0.717) is 12.0 Å². The van der Waals surface area contributed by atoms with Gasteiger partial charge in [0, 0.05) is 0 Å². The Morgan fingerprint density at radius 1 is 0.422 bits per heavy atom. The van der Waals surface area contributed by atoms with Crippen molar-refractivity contribution in [1.82, 2.24) is 4.98 Å². The Hall–Kier alpha value is -0.790. The molecular formula is C43H85N2+. The molecule has 1 rings (SSSR count). The van der Waals surface area contributed by atoms with Gasteiger partial charge in [-0.05, 0) is 32.6 Å². The minimum atomic E-state index is 0.618. The van der Waals surface area contributed by atoms with Crippen molar-refractivity contribution < 1.29 is 4.57 Å². The highest BCUT2D eigenvalue weighted by Gasteiger charge is 2.25. The summed E-state index contributed by atoms with van der Waals surface area (Å²) < 4.78 is 2.65. The summed E-state index contributed by atoms with van der Waals surface area (Å²) in [5.74, 6) is 2.25. The molecule has 0 fully saturated rings. The summed E-state index contributed by atoms with van der Waals surface area (Å²) in [6.45, 7) is 9.43. The van der Waals surface area contributed by atoms with Crippen molar-refractivity contribution in [3.63, 3.8) is 0 Å². The average molecular weight is 630 g/mol. The van der Waals surface area contributed by atoms with Gasteiger partial charge < -0.3 is 0 Å². The summed E-state index contributed by atoms with van der Waals surface area (Å²) in [6.07, 6.45) is 53.1.